The number of carbonyl (C=O) groups is 1. The van der Waals surface area contributed by atoms with Crippen LogP contribution < -0.4 is 4.74 Å². The lowest BCUT2D eigenvalue weighted by atomic mass is 10.1. The number of amides is 1. The van der Waals surface area contributed by atoms with E-state index >= 15 is 0 Å². The largest absolute Gasteiger partial charge is 0.484 e. The molecule has 23 heavy (non-hydrogen) atoms. The van der Waals surface area contributed by atoms with Crippen molar-refractivity contribution in [2.24, 2.45) is 0 Å². The molecule has 0 spiro atoms. The maximum atomic E-state index is 12.5. The summed E-state index contributed by atoms with van der Waals surface area (Å²) < 4.78 is 42.8. The van der Waals surface area contributed by atoms with Crippen LogP contribution in [0.3, 0.4) is 0 Å². The first-order chi connectivity index (χ1) is 10.9. The highest BCUT2D eigenvalue weighted by Crippen LogP contribution is 2.30. The predicted molar refractivity (Wildman–Crippen MR) is 81.2 cm³/mol. The van der Waals surface area contributed by atoms with Gasteiger partial charge in [-0.15, -0.1) is 0 Å². The van der Waals surface area contributed by atoms with Gasteiger partial charge in [-0.3, -0.25) is 4.79 Å². The zero-order valence-corrected chi connectivity index (χ0v) is 13.2. The van der Waals surface area contributed by atoms with E-state index in [1.165, 1.54) is 25.0 Å². The Balaban J connectivity index is 1.85. The van der Waals surface area contributed by atoms with Gasteiger partial charge in [0.05, 0.1) is 5.56 Å². The van der Waals surface area contributed by atoms with Crippen LogP contribution in [-0.4, -0.2) is 30.5 Å². The number of hydrogen-bond acceptors (Lipinski definition) is 2. The van der Waals surface area contributed by atoms with Crippen molar-refractivity contribution < 1.29 is 22.7 Å². The molecule has 0 unspecified atom stereocenters. The quantitative estimate of drug-likeness (QED) is 0.772. The first-order valence-corrected chi connectivity index (χ1v) is 7.93. The van der Waals surface area contributed by atoms with Crippen molar-refractivity contribution in [2.75, 3.05) is 13.7 Å². The van der Waals surface area contributed by atoms with Gasteiger partial charge in [0.15, 0.2) is 6.61 Å². The summed E-state index contributed by atoms with van der Waals surface area (Å²) in [6.45, 7) is -0.154. The van der Waals surface area contributed by atoms with Gasteiger partial charge >= 0.3 is 6.18 Å². The third-order valence-electron chi connectivity index (χ3n) is 4.31. The summed E-state index contributed by atoms with van der Waals surface area (Å²) in [4.78, 5) is 13.9. The highest BCUT2D eigenvalue weighted by molar-refractivity contribution is 5.77. The van der Waals surface area contributed by atoms with E-state index in [2.05, 4.69) is 0 Å². The van der Waals surface area contributed by atoms with Crippen molar-refractivity contribution in [3.63, 3.8) is 0 Å². The Morgan fingerprint density at radius 3 is 2.22 bits per heavy atom. The average Bonchev–Trinajstić information content (AvgIpc) is 2.80. The van der Waals surface area contributed by atoms with Crippen LogP contribution in [0, 0.1) is 0 Å². The summed E-state index contributed by atoms with van der Waals surface area (Å²) in [6.07, 6.45) is 2.31. The van der Waals surface area contributed by atoms with Gasteiger partial charge in [-0.1, -0.05) is 25.7 Å². The molecule has 1 saturated carbocycles. The summed E-state index contributed by atoms with van der Waals surface area (Å²) in [5, 5.41) is 0. The molecule has 0 heterocycles. The molecule has 1 fully saturated rings. The SMILES string of the molecule is CN(C(=O)COc1ccc(C(F)(F)F)cc1)C1CCCCCC1. The molecular weight excluding hydrogens is 307 g/mol. The van der Waals surface area contributed by atoms with Crippen LogP contribution in [0.1, 0.15) is 44.1 Å². The van der Waals surface area contributed by atoms with Crippen molar-refractivity contribution in [3.8, 4) is 5.75 Å². The number of halogens is 3. The monoisotopic (exact) mass is 329 g/mol. The molecule has 1 aromatic rings. The molecule has 1 aliphatic carbocycles. The zero-order valence-electron chi connectivity index (χ0n) is 13.2. The number of likely N-dealkylation sites (N-methyl/N-ethyl adjacent to an activating group) is 1. The third kappa shape index (κ3) is 5.15. The molecule has 0 aromatic heterocycles. The molecule has 0 saturated heterocycles. The Morgan fingerprint density at radius 2 is 1.70 bits per heavy atom. The molecule has 0 aliphatic heterocycles. The smallest absolute Gasteiger partial charge is 0.416 e. The number of carbonyl (C=O) groups excluding carboxylic acids is 1. The van der Waals surface area contributed by atoms with Crippen LogP contribution >= 0.6 is 0 Å². The minimum atomic E-state index is -4.37. The average molecular weight is 329 g/mol. The van der Waals surface area contributed by atoms with Crippen molar-refractivity contribution >= 4 is 5.91 Å². The van der Waals surface area contributed by atoms with E-state index in [4.69, 9.17) is 4.74 Å². The van der Waals surface area contributed by atoms with Gasteiger partial charge in [-0.05, 0) is 37.1 Å². The molecule has 1 aliphatic rings. The lowest BCUT2D eigenvalue weighted by molar-refractivity contribution is -0.138. The minimum absolute atomic E-state index is 0.142. The normalized spacial score (nSPS) is 16.7. The number of nitrogens with zero attached hydrogens (tertiary/aromatic N) is 1. The Morgan fingerprint density at radius 1 is 1.13 bits per heavy atom. The summed E-state index contributed by atoms with van der Waals surface area (Å²) in [5.41, 5.74) is -0.730. The first kappa shape index (κ1) is 17.6. The molecule has 1 amide bonds. The summed E-state index contributed by atoms with van der Waals surface area (Å²) in [6, 6.07) is 4.62. The number of rotatable bonds is 4. The van der Waals surface area contributed by atoms with Gasteiger partial charge in [0, 0.05) is 13.1 Å². The summed E-state index contributed by atoms with van der Waals surface area (Å²) in [7, 11) is 1.77. The van der Waals surface area contributed by atoms with Gasteiger partial charge < -0.3 is 9.64 Å². The highest BCUT2D eigenvalue weighted by Gasteiger charge is 2.30. The van der Waals surface area contributed by atoms with Crippen molar-refractivity contribution in [1.29, 1.82) is 0 Å². The molecule has 2 rings (SSSR count). The zero-order chi connectivity index (χ0) is 16.9. The van der Waals surface area contributed by atoms with E-state index in [0.29, 0.717) is 0 Å². The van der Waals surface area contributed by atoms with Crippen LogP contribution in [0.4, 0.5) is 13.2 Å². The Kier molecular flexibility index (Phi) is 5.91. The van der Waals surface area contributed by atoms with Crippen molar-refractivity contribution in [2.45, 2.75) is 50.7 Å². The Bertz CT molecular complexity index is 506. The lowest BCUT2D eigenvalue weighted by Gasteiger charge is -2.27. The molecule has 0 radical (unpaired) electrons. The summed E-state index contributed by atoms with van der Waals surface area (Å²) >= 11 is 0. The molecule has 0 bridgehead atoms. The van der Waals surface area contributed by atoms with Gasteiger partial charge in [0.2, 0.25) is 0 Å². The third-order valence-corrected chi connectivity index (χ3v) is 4.31. The van der Waals surface area contributed by atoms with E-state index < -0.39 is 11.7 Å². The van der Waals surface area contributed by atoms with E-state index in [1.807, 2.05) is 0 Å². The lowest BCUT2D eigenvalue weighted by Crippen LogP contribution is -2.39. The first-order valence-electron chi connectivity index (χ1n) is 7.93. The second-order valence-corrected chi connectivity index (χ2v) is 5.96. The number of alkyl halides is 3. The van der Waals surface area contributed by atoms with Crippen LogP contribution in [0.5, 0.6) is 5.75 Å². The van der Waals surface area contributed by atoms with Crippen LogP contribution in [0.15, 0.2) is 24.3 Å². The fraction of sp³-hybridized carbons (Fsp3) is 0.588. The molecule has 6 heteroatoms. The molecule has 1 aromatic carbocycles. The highest BCUT2D eigenvalue weighted by atomic mass is 19.4. The standard InChI is InChI=1S/C17H22F3NO2/c1-21(14-6-4-2-3-5-7-14)16(22)12-23-15-10-8-13(9-11-15)17(18,19)20/h8-11,14H,2-7,12H2,1H3. The van der Waals surface area contributed by atoms with Crippen molar-refractivity contribution in [1.82, 2.24) is 4.90 Å². The topological polar surface area (TPSA) is 29.5 Å². The Labute approximate surface area is 134 Å². The van der Waals surface area contributed by atoms with Gasteiger partial charge in [0.25, 0.3) is 5.91 Å². The molecule has 0 atom stereocenters. The van der Waals surface area contributed by atoms with E-state index in [-0.39, 0.29) is 24.3 Å². The molecule has 3 nitrogen and oxygen atoms in total. The van der Waals surface area contributed by atoms with Crippen LogP contribution in [0.2, 0.25) is 0 Å². The second-order valence-electron chi connectivity index (χ2n) is 5.96. The van der Waals surface area contributed by atoms with E-state index in [1.54, 1.807) is 11.9 Å². The Hall–Kier alpha value is -1.72. The number of ether oxygens (including phenoxy) is 1. The van der Waals surface area contributed by atoms with Gasteiger partial charge in [-0.2, -0.15) is 13.2 Å². The number of benzene rings is 1. The maximum Gasteiger partial charge on any atom is 0.416 e. The van der Waals surface area contributed by atoms with E-state index in [9.17, 15) is 18.0 Å². The van der Waals surface area contributed by atoms with Crippen molar-refractivity contribution in [3.05, 3.63) is 29.8 Å². The predicted octanol–water partition coefficient (Wildman–Crippen LogP) is 4.27. The molecule has 0 N–H and O–H groups in total. The van der Waals surface area contributed by atoms with Gasteiger partial charge in [-0.25, -0.2) is 0 Å². The maximum absolute atomic E-state index is 12.5. The minimum Gasteiger partial charge on any atom is -0.484 e. The summed E-state index contributed by atoms with van der Waals surface area (Å²) in [5.74, 6) is 0.123. The fourth-order valence-electron chi connectivity index (χ4n) is 2.84. The number of hydrogen-bond donors (Lipinski definition) is 0. The second kappa shape index (κ2) is 7.70. The van der Waals surface area contributed by atoms with Crippen LogP contribution in [0.25, 0.3) is 0 Å². The molecule has 128 valence electrons. The van der Waals surface area contributed by atoms with Gasteiger partial charge in [0.1, 0.15) is 5.75 Å². The fourth-order valence-corrected chi connectivity index (χ4v) is 2.84. The van der Waals surface area contributed by atoms with Crippen LogP contribution in [-0.2, 0) is 11.0 Å². The molecular formula is C17H22F3NO2. The van der Waals surface area contributed by atoms with E-state index in [0.717, 1.165) is 37.8 Å².